The molecule has 19 heavy (non-hydrogen) atoms. The second-order valence-electron chi connectivity index (χ2n) is 5.31. The highest BCUT2D eigenvalue weighted by Gasteiger charge is 2.24. The van der Waals surface area contributed by atoms with Gasteiger partial charge >= 0.3 is 0 Å². The number of hydrogen-bond donors (Lipinski definition) is 2. The lowest BCUT2D eigenvalue weighted by molar-refractivity contribution is 0.411. The van der Waals surface area contributed by atoms with Crippen molar-refractivity contribution < 1.29 is 0 Å². The molecule has 1 aliphatic rings. The van der Waals surface area contributed by atoms with Crippen molar-refractivity contribution in [3.05, 3.63) is 57.8 Å². The van der Waals surface area contributed by atoms with E-state index in [1.54, 1.807) is 11.3 Å². The van der Waals surface area contributed by atoms with E-state index in [0.29, 0.717) is 0 Å². The molecule has 1 atom stereocenters. The molecule has 1 aliphatic carbocycles. The molecule has 0 saturated heterocycles. The standard InChI is InChI=1S/C16H20N2S/c17-18-16(10-12-8-9-19-11-12)15-7-2-1-6-14(15)13-4-3-5-13/h1-2,6-9,11,13,16,18H,3-5,10,17H2. The number of benzene rings is 1. The minimum absolute atomic E-state index is 0.214. The van der Waals surface area contributed by atoms with Gasteiger partial charge in [0.2, 0.25) is 0 Å². The van der Waals surface area contributed by atoms with Crippen molar-refractivity contribution in [2.24, 2.45) is 5.84 Å². The van der Waals surface area contributed by atoms with Crippen molar-refractivity contribution in [2.75, 3.05) is 0 Å². The van der Waals surface area contributed by atoms with Crippen LogP contribution in [0.25, 0.3) is 0 Å². The predicted molar refractivity (Wildman–Crippen MR) is 81.1 cm³/mol. The second kappa shape index (κ2) is 5.87. The first-order chi connectivity index (χ1) is 9.38. The lowest BCUT2D eigenvalue weighted by Crippen LogP contribution is -2.31. The van der Waals surface area contributed by atoms with Crippen LogP contribution in [0.4, 0.5) is 0 Å². The van der Waals surface area contributed by atoms with Gasteiger partial charge in [-0.3, -0.25) is 11.3 Å². The Labute approximate surface area is 118 Å². The van der Waals surface area contributed by atoms with E-state index in [-0.39, 0.29) is 6.04 Å². The van der Waals surface area contributed by atoms with E-state index in [0.717, 1.165) is 12.3 Å². The van der Waals surface area contributed by atoms with E-state index >= 15 is 0 Å². The molecule has 0 aliphatic heterocycles. The van der Waals surface area contributed by atoms with Crippen LogP contribution in [0.2, 0.25) is 0 Å². The van der Waals surface area contributed by atoms with Crippen LogP contribution in [0.1, 0.15) is 47.9 Å². The van der Waals surface area contributed by atoms with E-state index < -0.39 is 0 Å². The fourth-order valence-corrected chi connectivity index (χ4v) is 3.50. The topological polar surface area (TPSA) is 38.0 Å². The molecule has 1 fully saturated rings. The maximum absolute atomic E-state index is 5.80. The van der Waals surface area contributed by atoms with Crippen molar-refractivity contribution in [2.45, 2.75) is 37.6 Å². The number of hydrogen-bond acceptors (Lipinski definition) is 3. The largest absolute Gasteiger partial charge is 0.271 e. The van der Waals surface area contributed by atoms with Gasteiger partial charge in [0, 0.05) is 0 Å². The van der Waals surface area contributed by atoms with Gasteiger partial charge in [-0.25, -0.2) is 0 Å². The quantitative estimate of drug-likeness (QED) is 0.642. The summed E-state index contributed by atoms with van der Waals surface area (Å²) in [4.78, 5) is 0. The van der Waals surface area contributed by atoms with E-state index in [2.05, 4.69) is 46.5 Å². The van der Waals surface area contributed by atoms with E-state index in [1.165, 1.54) is 36.0 Å². The average Bonchev–Trinajstić information content (AvgIpc) is 2.88. The van der Waals surface area contributed by atoms with Crippen molar-refractivity contribution in [3.63, 3.8) is 0 Å². The molecule has 1 aromatic heterocycles. The molecule has 0 amide bonds. The van der Waals surface area contributed by atoms with Crippen LogP contribution in [0.5, 0.6) is 0 Å². The van der Waals surface area contributed by atoms with Crippen LogP contribution in [-0.2, 0) is 6.42 Å². The lowest BCUT2D eigenvalue weighted by Gasteiger charge is -2.30. The minimum Gasteiger partial charge on any atom is -0.271 e. The van der Waals surface area contributed by atoms with Gasteiger partial charge in [0.25, 0.3) is 0 Å². The molecule has 1 unspecified atom stereocenters. The summed E-state index contributed by atoms with van der Waals surface area (Å²) in [6, 6.07) is 11.2. The molecular formula is C16H20N2S. The third-order valence-corrected chi connectivity index (χ3v) is 4.87. The maximum Gasteiger partial charge on any atom is 0.0503 e. The molecular weight excluding hydrogens is 252 g/mol. The monoisotopic (exact) mass is 272 g/mol. The van der Waals surface area contributed by atoms with E-state index in [1.807, 2.05) is 0 Å². The van der Waals surface area contributed by atoms with Gasteiger partial charge in [-0.05, 0) is 58.7 Å². The van der Waals surface area contributed by atoms with Crippen molar-refractivity contribution >= 4 is 11.3 Å². The zero-order chi connectivity index (χ0) is 13.1. The van der Waals surface area contributed by atoms with Crippen LogP contribution in [0, 0.1) is 0 Å². The Hall–Kier alpha value is -1.16. The smallest absolute Gasteiger partial charge is 0.0503 e. The normalized spacial score (nSPS) is 17.1. The summed E-state index contributed by atoms with van der Waals surface area (Å²) in [7, 11) is 0. The van der Waals surface area contributed by atoms with Crippen molar-refractivity contribution in [3.8, 4) is 0 Å². The summed E-state index contributed by atoms with van der Waals surface area (Å²) in [6.07, 6.45) is 4.98. The molecule has 2 aromatic rings. The Morgan fingerprint density at radius 2 is 2.11 bits per heavy atom. The average molecular weight is 272 g/mol. The molecule has 1 saturated carbocycles. The highest BCUT2D eigenvalue weighted by Crippen LogP contribution is 2.39. The number of nitrogens with one attached hydrogen (secondary N) is 1. The molecule has 0 radical (unpaired) electrons. The maximum atomic E-state index is 5.80. The molecule has 3 N–H and O–H groups in total. The zero-order valence-corrected chi connectivity index (χ0v) is 11.8. The summed E-state index contributed by atoms with van der Waals surface area (Å²) >= 11 is 1.74. The third kappa shape index (κ3) is 2.73. The number of hydrazine groups is 1. The summed E-state index contributed by atoms with van der Waals surface area (Å²) in [5.74, 6) is 6.55. The fraction of sp³-hybridized carbons (Fsp3) is 0.375. The highest BCUT2D eigenvalue weighted by molar-refractivity contribution is 7.07. The van der Waals surface area contributed by atoms with E-state index in [9.17, 15) is 0 Å². The third-order valence-electron chi connectivity index (χ3n) is 4.14. The van der Waals surface area contributed by atoms with Crippen molar-refractivity contribution in [1.82, 2.24) is 5.43 Å². The van der Waals surface area contributed by atoms with Gasteiger partial charge in [-0.1, -0.05) is 30.7 Å². The Bertz CT molecular complexity index is 517. The minimum atomic E-state index is 0.214. The summed E-state index contributed by atoms with van der Waals surface area (Å²) in [5, 5.41) is 4.33. The van der Waals surface area contributed by atoms with Crippen LogP contribution in [0.3, 0.4) is 0 Å². The Morgan fingerprint density at radius 3 is 2.74 bits per heavy atom. The van der Waals surface area contributed by atoms with Crippen LogP contribution in [-0.4, -0.2) is 0 Å². The van der Waals surface area contributed by atoms with Gasteiger partial charge < -0.3 is 0 Å². The molecule has 2 nitrogen and oxygen atoms in total. The highest BCUT2D eigenvalue weighted by atomic mass is 32.1. The van der Waals surface area contributed by atoms with Crippen molar-refractivity contribution in [1.29, 1.82) is 0 Å². The summed E-state index contributed by atoms with van der Waals surface area (Å²) in [5.41, 5.74) is 7.23. The molecule has 0 bridgehead atoms. The Kier molecular flexibility index (Phi) is 3.97. The van der Waals surface area contributed by atoms with Gasteiger partial charge in [-0.15, -0.1) is 0 Å². The van der Waals surface area contributed by atoms with Crippen LogP contribution in [0.15, 0.2) is 41.1 Å². The number of rotatable bonds is 5. The SMILES string of the molecule is NNC(Cc1ccsc1)c1ccccc1C1CCC1. The number of nitrogens with two attached hydrogens (primary N) is 1. The lowest BCUT2D eigenvalue weighted by atomic mass is 9.77. The first-order valence-corrected chi connectivity index (χ1v) is 7.89. The molecule has 1 aromatic carbocycles. The van der Waals surface area contributed by atoms with E-state index in [4.69, 9.17) is 5.84 Å². The zero-order valence-electron chi connectivity index (χ0n) is 11.0. The van der Waals surface area contributed by atoms with Gasteiger partial charge in [0.15, 0.2) is 0 Å². The van der Waals surface area contributed by atoms with Crippen LogP contribution >= 0.6 is 11.3 Å². The first-order valence-electron chi connectivity index (χ1n) is 6.94. The molecule has 3 heteroatoms. The van der Waals surface area contributed by atoms with Gasteiger partial charge in [-0.2, -0.15) is 11.3 Å². The van der Waals surface area contributed by atoms with Gasteiger partial charge in [0.05, 0.1) is 6.04 Å². The molecule has 3 rings (SSSR count). The molecule has 0 spiro atoms. The van der Waals surface area contributed by atoms with Gasteiger partial charge in [0.1, 0.15) is 0 Å². The first kappa shape index (κ1) is 12.9. The number of thiophene rings is 1. The second-order valence-corrected chi connectivity index (χ2v) is 6.09. The molecule has 1 heterocycles. The molecule has 100 valence electrons. The predicted octanol–water partition coefficient (Wildman–Crippen LogP) is 3.76. The Morgan fingerprint density at radius 1 is 1.26 bits per heavy atom. The fourth-order valence-electron chi connectivity index (χ4n) is 2.82. The summed E-state index contributed by atoms with van der Waals surface area (Å²) < 4.78 is 0. The summed E-state index contributed by atoms with van der Waals surface area (Å²) in [6.45, 7) is 0. The Balaban J connectivity index is 1.86. The van der Waals surface area contributed by atoms with Crippen LogP contribution < -0.4 is 11.3 Å².